The molecule has 0 bridgehead atoms. The van der Waals surface area contributed by atoms with Crippen molar-refractivity contribution in [2.45, 2.75) is 6.92 Å². The molecular formula is C10H11NO2. The minimum atomic E-state index is -0.284. The van der Waals surface area contributed by atoms with Gasteiger partial charge in [-0.2, -0.15) is 0 Å². The molecule has 0 aliphatic rings. The molecule has 0 spiro atoms. The molecule has 0 atom stereocenters. The van der Waals surface area contributed by atoms with E-state index in [1.807, 2.05) is 0 Å². The van der Waals surface area contributed by atoms with Gasteiger partial charge in [0.15, 0.2) is 0 Å². The number of anilines is 1. The van der Waals surface area contributed by atoms with E-state index in [0.29, 0.717) is 11.3 Å². The highest BCUT2D eigenvalue weighted by atomic mass is 16.3. The second kappa shape index (κ2) is 3.76. The lowest BCUT2D eigenvalue weighted by Gasteiger charge is -2.06. The summed E-state index contributed by atoms with van der Waals surface area (Å²) >= 11 is 0. The van der Waals surface area contributed by atoms with Crippen LogP contribution in [0.5, 0.6) is 5.75 Å². The monoisotopic (exact) mass is 177 g/mol. The molecule has 0 saturated carbocycles. The number of amides is 1. The maximum Gasteiger partial charge on any atom is 0.247 e. The highest BCUT2D eigenvalue weighted by Crippen LogP contribution is 2.23. The van der Waals surface area contributed by atoms with Crippen LogP contribution < -0.4 is 5.32 Å². The molecule has 2 N–H and O–H groups in total. The second-order valence-corrected chi connectivity index (χ2v) is 2.64. The van der Waals surface area contributed by atoms with Gasteiger partial charge in [0.05, 0.1) is 0 Å². The molecule has 0 aromatic heterocycles. The van der Waals surface area contributed by atoms with Crippen molar-refractivity contribution in [3.63, 3.8) is 0 Å². The summed E-state index contributed by atoms with van der Waals surface area (Å²) < 4.78 is 0. The van der Waals surface area contributed by atoms with Gasteiger partial charge in [-0.15, -0.1) is 0 Å². The van der Waals surface area contributed by atoms with Gasteiger partial charge in [0.25, 0.3) is 0 Å². The highest BCUT2D eigenvalue weighted by molar-refractivity contribution is 5.99. The molecule has 0 aliphatic heterocycles. The molecule has 1 aromatic rings. The maximum atomic E-state index is 10.9. The predicted molar refractivity (Wildman–Crippen MR) is 51.7 cm³/mol. The van der Waals surface area contributed by atoms with Gasteiger partial charge in [0.2, 0.25) is 5.91 Å². The Morgan fingerprint density at radius 2 is 2.31 bits per heavy atom. The number of rotatable bonds is 2. The van der Waals surface area contributed by atoms with Crippen molar-refractivity contribution < 1.29 is 9.90 Å². The van der Waals surface area contributed by atoms with Gasteiger partial charge in [-0.25, -0.2) is 0 Å². The van der Waals surface area contributed by atoms with E-state index < -0.39 is 0 Å². The van der Waals surface area contributed by atoms with Crippen molar-refractivity contribution >= 4 is 11.6 Å². The van der Waals surface area contributed by atoms with E-state index in [1.165, 1.54) is 6.08 Å². The van der Waals surface area contributed by atoms with Crippen molar-refractivity contribution in [2.75, 3.05) is 5.32 Å². The summed E-state index contributed by atoms with van der Waals surface area (Å²) in [5.74, 6) is -0.115. The van der Waals surface area contributed by atoms with Gasteiger partial charge in [-0.1, -0.05) is 12.6 Å². The number of hydrogen-bond donors (Lipinski definition) is 2. The molecule has 3 heteroatoms. The Hall–Kier alpha value is -1.77. The van der Waals surface area contributed by atoms with Crippen LogP contribution in [0.4, 0.5) is 5.69 Å². The molecule has 0 aliphatic carbocycles. The fourth-order valence-electron chi connectivity index (χ4n) is 0.943. The van der Waals surface area contributed by atoms with E-state index >= 15 is 0 Å². The number of carbonyl (C=O) groups excluding carboxylic acids is 1. The first kappa shape index (κ1) is 9.32. The molecule has 0 heterocycles. The minimum absolute atomic E-state index is 0.168. The van der Waals surface area contributed by atoms with Gasteiger partial charge < -0.3 is 10.4 Å². The summed E-state index contributed by atoms with van der Waals surface area (Å²) in [6.07, 6.45) is 1.18. The normalized spacial score (nSPS) is 9.31. The summed E-state index contributed by atoms with van der Waals surface area (Å²) in [5.41, 5.74) is 1.25. The Balaban J connectivity index is 2.95. The average Bonchev–Trinajstić information content (AvgIpc) is 2.13. The van der Waals surface area contributed by atoms with E-state index in [0.717, 1.165) is 0 Å². The SMILES string of the molecule is C=CC(=O)Nc1cccc(O)c1C. The molecule has 13 heavy (non-hydrogen) atoms. The summed E-state index contributed by atoms with van der Waals surface area (Å²) in [5, 5.41) is 11.9. The summed E-state index contributed by atoms with van der Waals surface area (Å²) in [6.45, 7) is 5.06. The fourth-order valence-corrected chi connectivity index (χ4v) is 0.943. The van der Waals surface area contributed by atoms with Crippen LogP contribution in [0.2, 0.25) is 0 Å². The third kappa shape index (κ3) is 2.08. The molecule has 0 unspecified atom stereocenters. The van der Waals surface area contributed by atoms with Crippen molar-refractivity contribution in [2.24, 2.45) is 0 Å². The lowest BCUT2D eigenvalue weighted by molar-refractivity contribution is -0.111. The fraction of sp³-hybridized carbons (Fsp3) is 0.100. The number of nitrogens with one attached hydrogen (secondary N) is 1. The molecule has 3 nitrogen and oxygen atoms in total. The third-order valence-corrected chi connectivity index (χ3v) is 1.75. The Morgan fingerprint density at radius 1 is 1.62 bits per heavy atom. The van der Waals surface area contributed by atoms with Crippen LogP contribution in [0.3, 0.4) is 0 Å². The van der Waals surface area contributed by atoms with Crippen LogP contribution in [-0.4, -0.2) is 11.0 Å². The van der Waals surface area contributed by atoms with Crippen molar-refractivity contribution in [1.82, 2.24) is 0 Å². The standard InChI is InChI=1S/C10H11NO2/c1-3-10(13)11-8-5-4-6-9(12)7(8)2/h3-6,12H,1H2,2H3,(H,11,13). The molecule has 1 amide bonds. The number of carbonyl (C=O) groups is 1. The van der Waals surface area contributed by atoms with E-state index in [9.17, 15) is 9.90 Å². The van der Waals surface area contributed by atoms with Crippen LogP contribution in [0, 0.1) is 6.92 Å². The number of phenolic OH excluding ortho intramolecular Hbond substituents is 1. The van der Waals surface area contributed by atoms with Crippen LogP contribution in [0.1, 0.15) is 5.56 Å². The average molecular weight is 177 g/mol. The van der Waals surface area contributed by atoms with Crippen LogP contribution in [0.15, 0.2) is 30.9 Å². The second-order valence-electron chi connectivity index (χ2n) is 2.64. The predicted octanol–water partition coefficient (Wildman–Crippen LogP) is 1.83. The topological polar surface area (TPSA) is 49.3 Å². The number of hydrogen-bond acceptors (Lipinski definition) is 2. The number of benzene rings is 1. The zero-order chi connectivity index (χ0) is 9.84. The molecular weight excluding hydrogens is 166 g/mol. The van der Waals surface area contributed by atoms with E-state index in [4.69, 9.17) is 0 Å². The first-order chi connectivity index (χ1) is 6.15. The summed E-state index contributed by atoms with van der Waals surface area (Å²) in [6, 6.07) is 4.95. The quantitative estimate of drug-likeness (QED) is 0.677. The first-order valence-corrected chi connectivity index (χ1v) is 3.87. The Labute approximate surface area is 76.7 Å². The lowest BCUT2D eigenvalue weighted by atomic mass is 10.2. The van der Waals surface area contributed by atoms with E-state index in [2.05, 4.69) is 11.9 Å². The van der Waals surface area contributed by atoms with Gasteiger partial charge >= 0.3 is 0 Å². The maximum absolute atomic E-state index is 10.9. The molecule has 1 aromatic carbocycles. The van der Waals surface area contributed by atoms with Crippen molar-refractivity contribution in [1.29, 1.82) is 0 Å². The van der Waals surface area contributed by atoms with E-state index in [1.54, 1.807) is 25.1 Å². The Morgan fingerprint density at radius 3 is 2.92 bits per heavy atom. The van der Waals surface area contributed by atoms with Gasteiger partial charge in [0, 0.05) is 11.3 Å². The van der Waals surface area contributed by atoms with Gasteiger partial charge in [0.1, 0.15) is 5.75 Å². The van der Waals surface area contributed by atoms with Crippen molar-refractivity contribution in [3.05, 3.63) is 36.4 Å². The Kier molecular flexibility index (Phi) is 2.69. The van der Waals surface area contributed by atoms with Gasteiger partial charge in [-0.05, 0) is 25.1 Å². The van der Waals surface area contributed by atoms with Crippen LogP contribution in [-0.2, 0) is 4.79 Å². The summed E-state index contributed by atoms with van der Waals surface area (Å²) in [7, 11) is 0. The molecule has 1 rings (SSSR count). The zero-order valence-electron chi connectivity index (χ0n) is 7.37. The first-order valence-electron chi connectivity index (χ1n) is 3.87. The van der Waals surface area contributed by atoms with Crippen LogP contribution >= 0.6 is 0 Å². The lowest BCUT2D eigenvalue weighted by Crippen LogP contribution is -2.08. The molecule has 0 fully saturated rings. The van der Waals surface area contributed by atoms with Crippen molar-refractivity contribution in [3.8, 4) is 5.75 Å². The zero-order valence-corrected chi connectivity index (χ0v) is 7.37. The molecule has 0 radical (unpaired) electrons. The van der Waals surface area contributed by atoms with Crippen LogP contribution in [0.25, 0.3) is 0 Å². The molecule has 0 saturated heterocycles. The molecule has 68 valence electrons. The number of phenols is 1. The number of aromatic hydroxyl groups is 1. The largest absolute Gasteiger partial charge is 0.508 e. The minimum Gasteiger partial charge on any atom is -0.508 e. The Bertz CT molecular complexity index is 345. The third-order valence-electron chi connectivity index (χ3n) is 1.75. The highest BCUT2D eigenvalue weighted by Gasteiger charge is 2.03. The summed E-state index contributed by atoms with van der Waals surface area (Å²) in [4.78, 5) is 10.9. The van der Waals surface area contributed by atoms with Gasteiger partial charge in [-0.3, -0.25) is 4.79 Å². The van der Waals surface area contributed by atoms with E-state index in [-0.39, 0.29) is 11.7 Å². The smallest absolute Gasteiger partial charge is 0.247 e.